The summed E-state index contributed by atoms with van der Waals surface area (Å²) in [5.74, 6) is -0.348. The molecule has 0 amide bonds. The number of nitrogens with one attached hydrogen (secondary N) is 1. The highest BCUT2D eigenvalue weighted by Gasteiger charge is 2.33. The predicted octanol–water partition coefficient (Wildman–Crippen LogP) is 4.28. The van der Waals surface area contributed by atoms with Gasteiger partial charge in [0.1, 0.15) is 0 Å². The molecule has 1 nitrogen and oxygen atoms in total. The van der Waals surface area contributed by atoms with E-state index in [9.17, 15) is 8.78 Å². The lowest BCUT2D eigenvalue weighted by atomic mass is 9.92. The number of rotatable bonds is 4. The van der Waals surface area contributed by atoms with Gasteiger partial charge in [-0.1, -0.05) is 26.8 Å². The van der Waals surface area contributed by atoms with Crippen molar-refractivity contribution < 1.29 is 8.78 Å². The lowest BCUT2D eigenvalue weighted by Crippen LogP contribution is -2.37. The second-order valence-electron chi connectivity index (χ2n) is 5.38. The second kappa shape index (κ2) is 6.23. The maximum atomic E-state index is 13.9. The molecule has 2 rings (SSSR count). The Labute approximate surface area is 118 Å². The average molecular weight is 285 g/mol. The predicted molar refractivity (Wildman–Crippen MR) is 77.3 cm³/mol. The van der Waals surface area contributed by atoms with Gasteiger partial charge in [-0.25, -0.2) is 8.78 Å². The molecule has 1 aromatic rings. The summed E-state index contributed by atoms with van der Waals surface area (Å²) in [4.78, 5) is 0. The van der Waals surface area contributed by atoms with E-state index in [0.717, 1.165) is 18.5 Å². The summed E-state index contributed by atoms with van der Waals surface area (Å²) in [6, 6.07) is 3.11. The lowest BCUT2D eigenvalue weighted by Gasteiger charge is -2.36. The van der Waals surface area contributed by atoms with Crippen molar-refractivity contribution in [3.8, 4) is 0 Å². The summed E-state index contributed by atoms with van der Waals surface area (Å²) in [5, 5.41) is 3.90. The molecule has 0 saturated heterocycles. The Kier molecular flexibility index (Phi) is 4.85. The van der Waals surface area contributed by atoms with Crippen molar-refractivity contribution in [2.45, 2.75) is 44.2 Å². The minimum atomic E-state index is -0.739. The van der Waals surface area contributed by atoms with E-state index >= 15 is 0 Å². The highest BCUT2D eigenvalue weighted by molar-refractivity contribution is 7.99. The number of thioether (sulfide) groups is 1. The summed E-state index contributed by atoms with van der Waals surface area (Å²) in [7, 11) is 0. The van der Waals surface area contributed by atoms with Gasteiger partial charge in [0.25, 0.3) is 0 Å². The van der Waals surface area contributed by atoms with Gasteiger partial charge in [-0.3, -0.25) is 0 Å². The van der Waals surface area contributed by atoms with Gasteiger partial charge in [-0.2, -0.15) is 11.8 Å². The van der Waals surface area contributed by atoms with Gasteiger partial charge in [-0.15, -0.1) is 0 Å². The van der Waals surface area contributed by atoms with Gasteiger partial charge in [0.05, 0.1) is 0 Å². The fourth-order valence-electron chi connectivity index (χ4n) is 2.60. The molecule has 1 N–H and O–H groups in total. The van der Waals surface area contributed by atoms with Crippen LogP contribution in [0.3, 0.4) is 0 Å². The molecule has 0 aliphatic carbocycles. The van der Waals surface area contributed by atoms with Crippen LogP contribution >= 0.6 is 11.8 Å². The van der Waals surface area contributed by atoms with Gasteiger partial charge in [0.15, 0.2) is 11.6 Å². The third kappa shape index (κ3) is 2.95. The van der Waals surface area contributed by atoms with E-state index < -0.39 is 11.6 Å². The molecule has 1 aliphatic heterocycles. The van der Waals surface area contributed by atoms with E-state index in [1.54, 1.807) is 17.8 Å². The van der Waals surface area contributed by atoms with Crippen molar-refractivity contribution >= 4 is 11.8 Å². The van der Waals surface area contributed by atoms with Crippen LogP contribution in [0.2, 0.25) is 0 Å². The van der Waals surface area contributed by atoms with Gasteiger partial charge in [0.2, 0.25) is 0 Å². The summed E-state index contributed by atoms with van der Waals surface area (Å²) < 4.78 is 27.2. The normalized spacial score (nSPS) is 22.6. The number of halogens is 2. The van der Waals surface area contributed by atoms with E-state index in [2.05, 4.69) is 26.1 Å². The molecule has 4 heteroatoms. The minimum absolute atomic E-state index is 0.115. The Morgan fingerprint density at radius 1 is 1.37 bits per heavy atom. The first-order valence-electron chi connectivity index (χ1n) is 6.88. The molecule has 19 heavy (non-hydrogen) atoms. The molecule has 1 heterocycles. The number of benzene rings is 1. The minimum Gasteiger partial charge on any atom is -0.309 e. The standard InChI is InChI=1S/C15H21F2NS/c1-4-7-18-14-10-5-6-12(16)13(17)11(10)8-19-15(14)9(2)3/h5-6,9,14-15,18H,4,7-8H2,1-3H3. The van der Waals surface area contributed by atoms with Crippen LogP contribution in [-0.4, -0.2) is 11.8 Å². The molecule has 0 saturated carbocycles. The van der Waals surface area contributed by atoms with Crippen LogP contribution in [0.5, 0.6) is 0 Å². The lowest BCUT2D eigenvalue weighted by molar-refractivity contribution is 0.429. The quantitative estimate of drug-likeness (QED) is 0.886. The van der Waals surface area contributed by atoms with Crippen LogP contribution in [0.15, 0.2) is 12.1 Å². The summed E-state index contributed by atoms with van der Waals surface area (Å²) >= 11 is 1.73. The molecule has 0 spiro atoms. The molecule has 0 fully saturated rings. The highest BCUT2D eigenvalue weighted by Crippen LogP contribution is 2.42. The molecule has 106 valence electrons. The van der Waals surface area contributed by atoms with Crippen LogP contribution in [0.25, 0.3) is 0 Å². The van der Waals surface area contributed by atoms with Crippen LogP contribution in [0, 0.1) is 17.6 Å². The second-order valence-corrected chi connectivity index (χ2v) is 6.55. The first kappa shape index (κ1) is 14.8. The van der Waals surface area contributed by atoms with Crippen LogP contribution in [0.4, 0.5) is 8.78 Å². The Morgan fingerprint density at radius 3 is 2.74 bits per heavy atom. The summed E-state index contributed by atoms with van der Waals surface area (Å²) in [6.45, 7) is 7.37. The third-order valence-corrected chi connectivity index (χ3v) is 5.24. The average Bonchev–Trinajstić information content (AvgIpc) is 2.39. The molecule has 2 atom stereocenters. The van der Waals surface area contributed by atoms with E-state index in [1.165, 1.54) is 6.07 Å². The van der Waals surface area contributed by atoms with Crippen molar-refractivity contribution in [2.75, 3.05) is 6.54 Å². The van der Waals surface area contributed by atoms with E-state index in [1.807, 2.05) is 0 Å². The zero-order valence-corrected chi connectivity index (χ0v) is 12.5. The zero-order chi connectivity index (χ0) is 14.0. The smallest absolute Gasteiger partial charge is 0.163 e. The molecular weight excluding hydrogens is 264 g/mol. The van der Waals surface area contributed by atoms with E-state index in [0.29, 0.717) is 22.5 Å². The van der Waals surface area contributed by atoms with Crippen molar-refractivity contribution in [2.24, 2.45) is 5.92 Å². The maximum Gasteiger partial charge on any atom is 0.163 e. The molecule has 0 radical (unpaired) electrons. The first-order valence-corrected chi connectivity index (χ1v) is 7.92. The van der Waals surface area contributed by atoms with Gasteiger partial charge in [0, 0.05) is 22.6 Å². The first-order chi connectivity index (χ1) is 9.06. The molecule has 1 aliphatic rings. The largest absolute Gasteiger partial charge is 0.309 e. The Balaban J connectivity index is 2.38. The zero-order valence-electron chi connectivity index (χ0n) is 11.7. The highest BCUT2D eigenvalue weighted by atomic mass is 32.2. The van der Waals surface area contributed by atoms with Crippen molar-refractivity contribution in [1.82, 2.24) is 5.32 Å². The fourth-order valence-corrected chi connectivity index (χ4v) is 4.07. The number of hydrogen-bond donors (Lipinski definition) is 1. The van der Waals surface area contributed by atoms with E-state index in [4.69, 9.17) is 0 Å². The molecule has 0 aromatic heterocycles. The Hall–Kier alpha value is -0.610. The summed E-state index contributed by atoms with van der Waals surface area (Å²) in [6.07, 6.45) is 1.03. The van der Waals surface area contributed by atoms with Crippen molar-refractivity contribution in [3.63, 3.8) is 0 Å². The van der Waals surface area contributed by atoms with Crippen molar-refractivity contribution in [1.29, 1.82) is 0 Å². The van der Waals surface area contributed by atoms with Crippen molar-refractivity contribution in [3.05, 3.63) is 34.9 Å². The molecule has 0 bridgehead atoms. The van der Waals surface area contributed by atoms with Crippen LogP contribution in [-0.2, 0) is 5.75 Å². The Bertz CT molecular complexity index is 448. The molecule has 1 aromatic carbocycles. The SMILES string of the molecule is CCCNC1c2ccc(F)c(F)c2CSC1C(C)C. The molecule has 2 unspecified atom stereocenters. The van der Waals surface area contributed by atoms with Gasteiger partial charge in [-0.05, 0) is 30.5 Å². The van der Waals surface area contributed by atoms with Crippen LogP contribution < -0.4 is 5.32 Å². The van der Waals surface area contributed by atoms with Gasteiger partial charge >= 0.3 is 0 Å². The maximum absolute atomic E-state index is 13.9. The van der Waals surface area contributed by atoms with E-state index in [-0.39, 0.29) is 6.04 Å². The Morgan fingerprint density at radius 2 is 2.11 bits per heavy atom. The monoisotopic (exact) mass is 285 g/mol. The van der Waals surface area contributed by atoms with Crippen LogP contribution in [0.1, 0.15) is 44.4 Å². The molecular formula is C15H21F2NS. The third-order valence-electron chi connectivity index (χ3n) is 3.59. The van der Waals surface area contributed by atoms with Gasteiger partial charge < -0.3 is 5.32 Å². The number of hydrogen-bond acceptors (Lipinski definition) is 2. The summed E-state index contributed by atoms with van der Waals surface area (Å²) in [5.41, 5.74) is 1.47. The number of fused-ring (bicyclic) bond motifs is 1. The topological polar surface area (TPSA) is 12.0 Å². The fraction of sp³-hybridized carbons (Fsp3) is 0.600.